The lowest BCUT2D eigenvalue weighted by molar-refractivity contribution is -0.144. The third-order valence-electron chi connectivity index (χ3n) is 3.05. The van der Waals surface area contributed by atoms with Gasteiger partial charge in [0.05, 0.1) is 7.11 Å². The molecule has 0 saturated heterocycles. The summed E-state index contributed by atoms with van der Waals surface area (Å²) in [4.78, 5) is 24.0. The second kappa shape index (κ2) is 5.52. The molecule has 0 saturated carbocycles. The number of methoxy groups -OCH3 is 1. The second-order valence-corrected chi connectivity index (χ2v) is 4.48. The zero-order valence-corrected chi connectivity index (χ0v) is 11.7. The Kier molecular flexibility index (Phi) is 4.01. The molecule has 0 aliphatic heterocycles. The van der Waals surface area contributed by atoms with E-state index >= 15 is 0 Å². The van der Waals surface area contributed by atoms with Gasteiger partial charge in [-0.2, -0.15) is 13.2 Å². The first-order valence-corrected chi connectivity index (χ1v) is 6.01. The Morgan fingerprint density at radius 3 is 2.22 bits per heavy atom. The molecule has 0 atom stereocenters. The Balaban J connectivity index is 2.90. The predicted molar refractivity (Wildman–Crippen MR) is 68.8 cm³/mol. The van der Waals surface area contributed by atoms with Gasteiger partial charge in [-0.3, -0.25) is 9.36 Å². The molecule has 2 rings (SSSR count). The monoisotopic (exact) mass is 336 g/mol. The summed E-state index contributed by atoms with van der Waals surface area (Å²) in [5, 5.41) is 0. The van der Waals surface area contributed by atoms with E-state index in [-0.39, 0.29) is 15.2 Å². The van der Waals surface area contributed by atoms with Gasteiger partial charge < -0.3 is 4.74 Å². The van der Waals surface area contributed by atoms with Gasteiger partial charge in [-0.25, -0.2) is 18.1 Å². The van der Waals surface area contributed by atoms with Crippen molar-refractivity contribution >= 4 is 0 Å². The molecule has 0 spiro atoms. The number of benzene rings is 1. The van der Waals surface area contributed by atoms with Gasteiger partial charge in [-0.15, -0.1) is 0 Å². The fourth-order valence-corrected chi connectivity index (χ4v) is 2.02. The quantitative estimate of drug-likeness (QED) is 0.787. The lowest BCUT2D eigenvalue weighted by atomic mass is 10.2. The van der Waals surface area contributed by atoms with E-state index in [1.807, 2.05) is 0 Å². The summed E-state index contributed by atoms with van der Waals surface area (Å²) < 4.78 is 70.4. The van der Waals surface area contributed by atoms with E-state index in [2.05, 4.69) is 0 Å². The Morgan fingerprint density at radius 2 is 1.70 bits per heavy atom. The van der Waals surface area contributed by atoms with Crippen LogP contribution in [0, 0.1) is 11.6 Å². The van der Waals surface area contributed by atoms with E-state index in [1.54, 1.807) is 0 Å². The summed E-state index contributed by atoms with van der Waals surface area (Å²) >= 11 is 0. The lowest BCUT2D eigenvalue weighted by Gasteiger charge is -2.16. The maximum Gasteiger partial charge on any atom is 0.431 e. The van der Waals surface area contributed by atoms with Crippen LogP contribution in [0.1, 0.15) is 5.69 Å². The molecule has 2 aromatic rings. The average molecular weight is 336 g/mol. The van der Waals surface area contributed by atoms with Gasteiger partial charge in [0.15, 0.2) is 5.82 Å². The molecule has 23 heavy (non-hydrogen) atoms. The first-order chi connectivity index (χ1) is 10.6. The molecular weight excluding hydrogens is 327 g/mol. The first kappa shape index (κ1) is 16.7. The summed E-state index contributed by atoms with van der Waals surface area (Å²) in [5.41, 5.74) is -5.14. The fourth-order valence-electron chi connectivity index (χ4n) is 2.02. The maximum atomic E-state index is 14.0. The van der Waals surface area contributed by atoms with E-state index < -0.39 is 46.2 Å². The smallest absolute Gasteiger partial charge is 0.431 e. The largest absolute Gasteiger partial charge is 0.494 e. The van der Waals surface area contributed by atoms with E-state index in [1.165, 1.54) is 0 Å². The molecule has 1 heterocycles. The van der Waals surface area contributed by atoms with Gasteiger partial charge >= 0.3 is 11.9 Å². The third-order valence-corrected chi connectivity index (χ3v) is 3.05. The minimum absolute atomic E-state index is 0.142. The summed E-state index contributed by atoms with van der Waals surface area (Å²) in [7, 11) is 1.80. The Labute approximate surface area is 125 Å². The number of ether oxygens (including phenoxy) is 1. The van der Waals surface area contributed by atoms with Crippen LogP contribution in [0.2, 0.25) is 0 Å². The van der Waals surface area contributed by atoms with Crippen molar-refractivity contribution in [3.63, 3.8) is 0 Å². The van der Waals surface area contributed by atoms with Gasteiger partial charge in [0.2, 0.25) is 0 Å². The molecule has 124 valence electrons. The molecule has 0 amide bonds. The number of rotatable bonds is 2. The van der Waals surface area contributed by atoms with Crippen LogP contribution in [-0.4, -0.2) is 16.2 Å². The van der Waals surface area contributed by atoms with E-state index in [0.29, 0.717) is 12.1 Å². The molecular formula is C13H9F5N2O3. The van der Waals surface area contributed by atoms with Gasteiger partial charge in [-0.1, -0.05) is 0 Å². The van der Waals surface area contributed by atoms with Crippen LogP contribution in [0.3, 0.4) is 0 Å². The van der Waals surface area contributed by atoms with Gasteiger partial charge in [0, 0.05) is 25.2 Å². The van der Waals surface area contributed by atoms with Crippen LogP contribution >= 0.6 is 0 Å². The molecule has 5 nitrogen and oxygen atoms in total. The maximum absolute atomic E-state index is 14.0. The summed E-state index contributed by atoms with van der Waals surface area (Å²) in [5.74, 6) is -2.89. The van der Waals surface area contributed by atoms with Crippen molar-refractivity contribution < 1.29 is 26.7 Å². The van der Waals surface area contributed by atoms with Crippen molar-refractivity contribution in [3.8, 4) is 11.4 Å². The lowest BCUT2D eigenvalue weighted by Crippen LogP contribution is -2.41. The van der Waals surface area contributed by atoms with Crippen molar-refractivity contribution in [2.75, 3.05) is 7.11 Å². The Hall–Kier alpha value is -2.65. The van der Waals surface area contributed by atoms with Gasteiger partial charge in [0.25, 0.3) is 5.56 Å². The summed E-state index contributed by atoms with van der Waals surface area (Å²) in [6.07, 6.45) is -4.95. The number of hydrogen-bond donors (Lipinski definition) is 0. The Morgan fingerprint density at radius 1 is 1.09 bits per heavy atom. The van der Waals surface area contributed by atoms with Crippen LogP contribution in [-0.2, 0) is 13.2 Å². The fraction of sp³-hybridized carbons (Fsp3) is 0.231. The van der Waals surface area contributed by atoms with E-state index in [4.69, 9.17) is 4.74 Å². The summed E-state index contributed by atoms with van der Waals surface area (Å²) in [6.45, 7) is 0. The van der Waals surface area contributed by atoms with Crippen molar-refractivity contribution in [2.24, 2.45) is 7.05 Å². The highest BCUT2D eigenvalue weighted by Crippen LogP contribution is 2.28. The predicted octanol–water partition coefficient (Wildman–Crippen LogP) is 1.84. The molecule has 0 unspecified atom stereocenters. The molecule has 0 N–H and O–H groups in total. The molecule has 1 aromatic carbocycles. The molecule has 1 aromatic heterocycles. The summed E-state index contributed by atoms with van der Waals surface area (Å²) in [6, 6.07) is 1.22. The normalized spacial score (nSPS) is 11.6. The van der Waals surface area contributed by atoms with Crippen LogP contribution < -0.4 is 16.0 Å². The molecule has 0 radical (unpaired) electrons. The van der Waals surface area contributed by atoms with Crippen molar-refractivity contribution in [2.45, 2.75) is 6.18 Å². The first-order valence-electron chi connectivity index (χ1n) is 6.01. The second-order valence-electron chi connectivity index (χ2n) is 4.48. The zero-order chi connectivity index (χ0) is 17.5. The van der Waals surface area contributed by atoms with Gasteiger partial charge in [-0.05, 0) is 0 Å². The highest BCUT2D eigenvalue weighted by atomic mass is 19.4. The van der Waals surface area contributed by atoms with E-state index in [0.717, 1.165) is 14.2 Å². The molecule has 0 aliphatic rings. The number of aromatic nitrogens is 2. The molecule has 0 fully saturated rings. The van der Waals surface area contributed by atoms with Crippen molar-refractivity contribution in [3.05, 3.63) is 56.4 Å². The SMILES string of the molecule is COc1cc(F)cc(F)c1-n1c(=O)cc(C(F)(F)F)n(C)c1=O. The molecule has 0 aliphatic carbocycles. The van der Waals surface area contributed by atoms with Crippen molar-refractivity contribution in [1.82, 2.24) is 9.13 Å². The highest BCUT2D eigenvalue weighted by Gasteiger charge is 2.35. The number of nitrogens with zero attached hydrogens (tertiary/aromatic N) is 2. The van der Waals surface area contributed by atoms with Crippen LogP contribution in [0.4, 0.5) is 22.0 Å². The number of alkyl halides is 3. The molecule has 0 bridgehead atoms. The number of hydrogen-bond acceptors (Lipinski definition) is 3. The minimum Gasteiger partial charge on any atom is -0.494 e. The Bertz CT molecular complexity index is 883. The minimum atomic E-state index is -4.95. The topological polar surface area (TPSA) is 53.2 Å². The average Bonchev–Trinajstić information content (AvgIpc) is 2.43. The standard InChI is InChI=1S/C13H9F5N2O3/c1-19-9(13(16,17)18)5-10(21)20(12(19)22)11-7(15)3-6(14)4-8(11)23-2/h3-5H,1-2H3. The van der Waals surface area contributed by atoms with Gasteiger partial charge in [0.1, 0.15) is 22.9 Å². The molecule has 10 heteroatoms. The van der Waals surface area contributed by atoms with Crippen LogP contribution in [0.5, 0.6) is 5.75 Å². The number of halogens is 5. The van der Waals surface area contributed by atoms with Crippen LogP contribution in [0.15, 0.2) is 27.8 Å². The third kappa shape index (κ3) is 2.83. The highest BCUT2D eigenvalue weighted by molar-refractivity contribution is 5.48. The van der Waals surface area contributed by atoms with Crippen molar-refractivity contribution in [1.29, 1.82) is 0 Å². The van der Waals surface area contributed by atoms with E-state index in [9.17, 15) is 31.5 Å². The zero-order valence-electron chi connectivity index (χ0n) is 11.7. The van der Waals surface area contributed by atoms with Crippen LogP contribution in [0.25, 0.3) is 5.69 Å².